The van der Waals surface area contributed by atoms with Crippen LogP contribution in [-0.2, 0) is 4.74 Å². The van der Waals surface area contributed by atoms with E-state index in [1.807, 2.05) is 6.07 Å². The maximum absolute atomic E-state index is 12.8. The number of carbonyl (C=O) groups is 1. The van der Waals surface area contributed by atoms with E-state index in [1.54, 1.807) is 0 Å². The fourth-order valence-electron chi connectivity index (χ4n) is 6.73. The lowest BCUT2D eigenvalue weighted by Gasteiger charge is -2.43. The van der Waals surface area contributed by atoms with Crippen molar-refractivity contribution in [3.63, 3.8) is 0 Å². The quantitative estimate of drug-likeness (QED) is 0.765. The molecule has 0 radical (unpaired) electrons. The van der Waals surface area contributed by atoms with Crippen LogP contribution in [0.3, 0.4) is 0 Å². The zero-order valence-corrected chi connectivity index (χ0v) is 17.3. The minimum Gasteiger partial charge on any atom is -0.378 e. The number of rotatable bonds is 4. The average Bonchev–Trinajstić information content (AvgIpc) is 3.55. The Labute approximate surface area is 178 Å². The van der Waals surface area contributed by atoms with Gasteiger partial charge in [-0.15, -0.1) is 0 Å². The Hall–Kier alpha value is -2.33. The molecular weight excluding hydrogens is 372 g/mol. The second kappa shape index (κ2) is 7.42. The fourth-order valence-corrected chi connectivity index (χ4v) is 6.73. The van der Waals surface area contributed by atoms with Gasteiger partial charge in [0.05, 0.1) is 12.1 Å². The number of hydrogen-bond acceptors (Lipinski definition) is 3. The molecule has 2 aliphatic heterocycles. The molecule has 2 heterocycles. The first kappa shape index (κ1) is 18.4. The van der Waals surface area contributed by atoms with Crippen LogP contribution >= 0.6 is 0 Å². The third kappa shape index (κ3) is 3.04. The molecular formula is C26H30N2O2. The largest absolute Gasteiger partial charge is 0.378 e. The van der Waals surface area contributed by atoms with Gasteiger partial charge in [0.1, 0.15) is 0 Å². The molecule has 4 heteroatoms. The smallest absolute Gasteiger partial charge is 0.251 e. The average molecular weight is 403 g/mol. The van der Waals surface area contributed by atoms with Gasteiger partial charge in [-0.25, -0.2) is 0 Å². The first-order chi connectivity index (χ1) is 14.8. The van der Waals surface area contributed by atoms with E-state index >= 15 is 0 Å². The fraction of sp³-hybridized carbons (Fsp3) is 0.500. The lowest BCUT2D eigenvalue weighted by atomic mass is 9.68. The summed E-state index contributed by atoms with van der Waals surface area (Å²) in [6.07, 6.45) is 6.35. The van der Waals surface area contributed by atoms with Crippen LogP contribution in [0.1, 0.15) is 65.5 Å². The van der Waals surface area contributed by atoms with Gasteiger partial charge in [0.25, 0.3) is 5.91 Å². The van der Waals surface area contributed by atoms with Gasteiger partial charge in [0.15, 0.2) is 0 Å². The van der Waals surface area contributed by atoms with Crippen LogP contribution < -0.4 is 10.6 Å². The maximum Gasteiger partial charge on any atom is 0.251 e. The highest BCUT2D eigenvalue weighted by Gasteiger charge is 2.53. The minimum absolute atomic E-state index is 0.0261. The van der Waals surface area contributed by atoms with Crippen molar-refractivity contribution in [2.24, 2.45) is 17.8 Å². The number of fused-ring (bicyclic) bond motifs is 7. The maximum atomic E-state index is 12.8. The number of carbonyl (C=O) groups excluding carboxylic acids is 1. The predicted molar refractivity (Wildman–Crippen MR) is 118 cm³/mol. The van der Waals surface area contributed by atoms with Gasteiger partial charge in [0.2, 0.25) is 0 Å². The van der Waals surface area contributed by atoms with Gasteiger partial charge in [-0.05, 0) is 85.1 Å². The number of benzene rings is 2. The third-order valence-corrected chi connectivity index (χ3v) is 8.02. The summed E-state index contributed by atoms with van der Waals surface area (Å²) in [4.78, 5) is 12.8. The van der Waals surface area contributed by atoms with Crippen molar-refractivity contribution in [2.45, 2.75) is 50.2 Å². The van der Waals surface area contributed by atoms with E-state index in [1.165, 1.54) is 36.1 Å². The number of amides is 1. The van der Waals surface area contributed by atoms with Crippen molar-refractivity contribution < 1.29 is 9.53 Å². The predicted octanol–water partition coefficient (Wildman–Crippen LogP) is 4.89. The van der Waals surface area contributed by atoms with Gasteiger partial charge in [0, 0.05) is 24.4 Å². The topological polar surface area (TPSA) is 50.4 Å². The summed E-state index contributed by atoms with van der Waals surface area (Å²) in [5.41, 5.74) is 4.76. The summed E-state index contributed by atoms with van der Waals surface area (Å²) in [6.45, 7) is 1.43. The van der Waals surface area contributed by atoms with Crippen molar-refractivity contribution in [3.05, 3.63) is 65.2 Å². The summed E-state index contributed by atoms with van der Waals surface area (Å²) >= 11 is 0. The highest BCUT2D eigenvalue weighted by molar-refractivity contribution is 5.95. The molecule has 2 aliphatic carbocycles. The van der Waals surface area contributed by atoms with E-state index in [2.05, 4.69) is 53.1 Å². The first-order valence-corrected chi connectivity index (χ1v) is 11.6. The van der Waals surface area contributed by atoms with Gasteiger partial charge in [-0.3, -0.25) is 4.79 Å². The zero-order chi connectivity index (χ0) is 20.1. The molecule has 2 aromatic rings. The summed E-state index contributed by atoms with van der Waals surface area (Å²) in [6, 6.07) is 17.6. The molecule has 2 bridgehead atoms. The Morgan fingerprint density at radius 2 is 1.93 bits per heavy atom. The van der Waals surface area contributed by atoms with Crippen molar-refractivity contribution >= 4 is 11.6 Å². The monoisotopic (exact) mass is 402 g/mol. The molecule has 0 spiro atoms. The molecule has 2 N–H and O–H groups in total. The van der Waals surface area contributed by atoms with Crippen molar-refractivity contribution in [1.29, 1.82) is 0 Å². The zero-order valence-electron chi connectivity index (χ0n) is 17.3. The molecule has 1 saturated heterocycles. The molecule has 156 valence electrons. The van der Waals surface area contributed by atoms with E-state index in [4.69, 9.17) is 4.74 Å². The lowest BCUT2D eigenvalue weighted by molar-refractivity contribution is 0.0857. The van der Waals surface area contributed by atoms with Crippen molar-refractivity contribution in [1.82, 2.24) is 5.32 Å². The van der Waals surface area contributed by atoms with E-state index in [0.29, 0.717) is 24.4 Å². The minimum atomic E-state index is 0.0261. The number of ether oxygens (including phenoxy) is 1. The van der Waals surface area contributed by atoms with Crippen LogP contribution in [0.2, 0.25) is 0 Å². The summed E-state index contributed by atoms with van der Waals surface area (Å²) in [5.74, 6) is 2.78. The molecule has 2 saturated carbocycles. The van der Waals surface area contributed by atoms with Crippen molar-refractivity contribution in [3.8, 4) is 0 Å². The van der Waals surface area contributed by atoms with Crippen LogP contribution in [0.15, 0.2) is 48.5 Å². The number of hydrogen-bond donors (Lipinski definition) is 2. The Kier molecular flexibility index (Phi) is 4.56. The molecule has 3 fully saturated rings. The Morgan fingerprint density at radius 3 is 2.77 bits per heavy atom. The van der Waals surface area contributed by atoms with Crippen LogP contribution in [0.25, 0.3) is 0 Å². The Balaban J connectivity index is 1.29. The van der Waals surface area contributed by atoms with Gasteiger partial charge in [-0.1, -0.05) is 30.3 Å². The summed E-state index contributed by atoms with van der Waals surface area (Å²) in [5, 5.41) is 6.95. The van der Waals surface area contributed by atoms with E-state index < -0.39 is 0 Å². The van der Waals surface area contributed by atoms with Crippen LogP contribution in [0.5, 0.6) is 0 Å². The Bertz CT molecular complexity index is 937. The second-order valence-electron chi connectivity index (χ2n) is 9.62. The lowest BCUT2D eigenvalue weighted by Crippen LogP contribution is -2.36. The van der Waals surface area contributed by atoms with Crippen LogP contribution in [0, 0.1) is 17.8 Å². The highest BCUT2D eigenvalue weighted by atomic mass is 16.5. The summed E-state index contributed by atoms with van der Waals surface area (Å²) in [7, 11) is 0. The van der Waals surface area contributed by atoms with E-state index in [0.717, 1.165) is 36.8 Å². The molecule has 2 aromatic carbocycles. The van der Waals surface area contributed by atoms with Crippen molar-refractivity contribution in [2.75, 3.05) is 18.5 Å². The highest BCUT2D eigenvalue weighted by Crippen LogP contribution is 2.63. The summed E-state index contributed by atoms with van der Waals surface area (Å²) < 4.78 is 5.65. The molecule has 4 aliphatic rings. The normalized spacial score (nSPS) is 33.6. The van der Waals surface area contributed by atoms with E-state index in [9.17, 15) is 4.79 Å². The SMILES string of the molecule is O=C(NC[C@@H]1CCCO1)c1ccc2c(c1)[C@H]1[C@H]3CC[C@H](C3)[C@H]1[C@@H](c1ccccc1)N2. The molecule has 6 atom stereocenters. The number of anilines is 1. The molecule has 6 rings (SSSR count). The first-order valence-electron chi connectivity index (χ1n) is 11.6. The molecule has 1 amide bonds. The van der Waals surface area contributed by atoms with Crippen LogP contribution in [0.4, 0.5) is 5.69 Å². The molecule has 0 aromatic heterocycles. The number of nitrogens with one attached hydrogen (secondary N) is 2. The molecule has 4 nitrogen and oxygen atoms in total. The standard InChI is InChI=1S/C26H30N2O2/c29-26(27-15-20-7-4-12-30-20)19-10-11-22-21(14-19)23-17-8-9-18(13-17)24(23)25(28-22)16-5-2-1-3-6-16/h1-3,5-6,10-11,14,17-18,20,23-25,28H,4,7-9,12-13,15H2,(H,27,29)/t17-,18+,20-,23+,24+,25+/m0/s1. The van der Waals surface area contributed by atoms with Crippen LogP contribution in [-0.4, -0.2) is 25.2 Å². The molecule has 0 unspecified atom stereocenters. The van der Waals surface area contributed by atoms with Gasteiger partial charge < -0.3 is 15.4 Å². The third-order valence-electron chi connectivity index (χ3n) is 8.02. The second-order valence-corrected chi connectivity index (χ2v) is 9.62. The van der Waals surface area contributed by atoms with Gasteiger partial charge in [-0.2, -0.15) is 0 Å². The molecule has 30 heavy (non-hydrogen) atoms. The Morgan fingerprint density at radius 1 is 1.07 bits per heavy atom. The van der Waals surface area contributed by atoms with Gasteiger partial charge >= 0.3 is 0 Å². The van der Waals surface area contributed by atoms with E-state index in [-0.39, 0.29) is 12.0 Å².